The molecule has 1 unspecified atom stereocenters. The van der Waals surface area contributed by atoms with Crippen LogP contribution < -0.4 is 5.32 Å². The number of rotatable bonds is 3. The van der Waals surface area contributed by atoms with Crippen molar-refractivity contribution >= 4 is 34.2 Å². The highest BCUT2D eigenvalue weighted by Crippen LogP contribution is 2.36. The Morgan fingerprint density at radius 3 is 2.80 bits per heavy atom. The molecule has 2 heterocycles. The minimum atomic E-state index is 0.116. The summed E-state index contributed by atoms with van der Waals surface area (Å²) < 4.78 is 0. The molecular weight excluding hydrogens is 293 g/mol. The summed E-state index contributed by atoms with van der Waals surface area (Å²) in [5.74, 6) is 1.07. The van der Waals surface area contributed by atoms with E-state index in [1.165, 1.54) is 12.8 Å². The molecule has 2 aromatic rings. The maximum absolute atomic E-state index is 6.09. The molecule has 3 nitrogen and oxygen atoms in total. The molecule has 0 saturated carbocycles. The van der Waals surface area contributed by atoms with Crippen molar-refractivity contribution in [3.63, 3.8) is 0 Å². The molecule has 5 heteroatoms. The first-order valence-electron chi connectivity index (χ1n) is 7.20. The first-order valence-corrected chi connectivity index (χ1v) is 7.96. The summed E-state index contributed by atoms with van der Waals surface area (Å²) in [6.07, 6.45) is 4.66. The Bertz CT molecular complexity index is 570. The smallest absolute Gasteiger partial charge is 0.114 e. The molecule has 108 valence electrons. The van der Waals surface area contributed by atoms with E-state index in [1.807, 2.05) is 12.1 Å². The van der Waals surface area contributed by atoms with Gasteiger partial charge in [0.15, 0.2) is 0 Å². The highest BCUT2D eigenvalue weighted by molar-refractivity contribution is 6.42. The van der Waals surface area contributed by atoms with Gasteiger partial charge in [-0.25, -0.2) is 4.98 Å². The van der Waals surface area contributed by atoms with Crippen LogP contribution in [0.25, 0.3) is 11.0 Å². The second-order valence-corrected chi connectivity index (χ2v) is 6.49. The first-order chi connectivity index (χ1) is 9.64. The van der Waals surface area contributed by atoms with Gasteiger partial charge in [0.1, 0.15) is 5.82 Å². The van der Waals surface area contributed by atoms with E-state index < -0.39 is 0 Å². The van der Waals surface area contributed by atoms with Crippen molar-refractivity contribution in [3.05, 3.63) is 28.0 Å². The molecule has 1 aromatic heterocycles. The molecule has 0 radical (unpaired) electrons. The van der Waals surface area contributed by atoms with E-state index in [2.05, 4.69) is 17.2 Å². The maximum Gasteiger partial charge on any atom is 0.114 e. The summed E-state index contributed by atoms with van der Waals surface area (Å²) >= 11 is 12.2. The Balaban J connectivity index is 2.06. The van der Waals surface area contributed by atoms with E-state index in [9.17, 15) is 0 Å². The summed E-state index contributed by atoms with van der Waals surface area (Å²) in [5, 5.41) is 4.64. The third kappa shape index (κ3) is 2.43. The monoisotopic (exact) mass is 311 g/mol. The predicted molar refractivity (Wildman–Crippen MR) is 84.8 cm³/mol. The SMILES string of the molecule is CCCC1(c2nc3cc(Cl)c(Cl)cc3[nH]2)CCCNC1. The predicted octanol–water partition coefficient (Wildman–Crippen LogP) is 4.29. The van der Waals surface area contributed by atoms with Crippen molar-refractivity contribution in [1.82, 2.24) is 15.3 Å². The van der Waals surface area contributed by atoms with Crippen LogP contribution in [-0.2, 0) is 5.41 Å². The topological polar surface area (TPSA) is 40.7 Å². The molecular formula is C15H19Cl2N3. The average Bonchev–Trinajstić information content (AvgIpc) is 2.84. The number of hydrogen-bond acceptors (Lipinski definition) is 2. The van der Waals surface area contributed by atoms with Crippen molar-refractivity contribution in [3.8, 4) is 0 Å². The van der Waals surface area contributed by atoms with Crippen LogP contribution >= 0.6 is 23.2 Å². The third-order valence-electron chi connectivity index (χ3n) is 4.23. The number of H-pyrrole nitrogens is 1. The second-order valence-electron chi connectivity index (χ2n) is 5.68. The first kappa shape index (κ1) is 14.2. The highest BCUT2D eigenvalue weighted by Gasteiger charge is 2.35. The normalized spacial score (nSPS) is 23.4. The molecule has 0 bridgehead atoms. The van der Waals surface area contributed by atoms with Crippen LogP contribution in [0.5, 0.6) is 0 Å². The van der Waals surface area contributed by atoms with Gasteiger partial charge in [0.2, 0.25) is 0 Å². The quantitative estimate of drug-likeness (QED) is 0.887. The van der Waals surface area contributed by atoms with Gasteiger partial charge in [0.25, 0.3) is 0 Å². The lowest BCUT2D eigenvalue weighted by molar-refractivity contribution is 0.278. The van der Waals surface area contributed by atoms with Crippen LogP contribution in [0.15, 0.2) is 12.1 Å². The second kappa shape index (κ2) is 5.55. The molecule has 0 spiro atoms. The molecule has 1 aliphatic heterocycles. The maximum atomic E-state index is 6.09. The van der Waals surface area contributed by atoms with Crippen molar-refractivity contribution in [1.29, 1.82) is 0 Å². The number of piperidine rings is 1. The highest BCUT2D eigenvalue weighted by atomic mass is 35.5. The van der Waals surface area contributed by atoms with E-state index in [0.29, 0.717) is 10.0 Å². The molecule has 1 saturated heterocycles. The van der Waals surface area contributed by atoms with Crippen LogP contribution in [0, 0.1) is 0 Å². The van der Waals surface area contributed by atoms with Gasteiger partial charge in [-0.05, 0) is 37.9 Å². The number of benzene rings is 1. The van der Waals surface area contributed by atoms with Crippen LogP contribution in [0.3, 0.4) is 0 Å². The third-order valence-corrected chi connectivity index (χ3v) is 4.95. The number of nitrogens with one attached hydrogen (secondary N) is 2. The van der Waals surface area contributed by atoms with Crippen LogP contribution in [0.1, 0.15) is 38.4 Å². The van der Waals surface area contributed by atoms with Gasteiger partial charge in [0.05, 0.1) is 21.1 Å². The summed E-state index contributed by atoms with van der Waals surface area (Å²) in [6, 6.07) is 3.71. The van der Waals surface area contributed by atoms with Gasteiger partial charge >= 0.3 is 0 Å². The Labute approximate surface area is 129 Å². The Morgan fingerprint density at radius 2 is 2.10 bits per heavy atom. The molecule has 1 aromatic carbocycles. The summed E-state index contributed by atoms with van der Waals surface area (Å²) in [5.41, 5.74) is 1.98. The Morgan fingerprint density at radius 1 is 1.30 bits per heavy atom. The van der Waals surface area contributed by atoms with E-state index in [0.717, 1.165) is 42.8 Å². The number of halogens is 2. The van der Waals surface area contributed by atoms with Crippen molar-refractivity contribution in [2.45, 2.75) is 38.0 Å². The van der Waals surface area contributed by atoms with Gasteiger partial charge in [0, 0.05) is 12.0 Å². The van der Waals surface area contributed by atoms with Gasteiger partial charge < -0.3 is 10.3 Å². The fourth-order valence-electron chi connectivity index (χ4n) is 3.24. The van der Waals surface area contributed by atoms with Gasteiger partial charge in [-0.15, -0.1) is 0 Å². The lowest BCUT2D eigenvalue weighted by Gasteiger charge is -2.36. The minimum Gasteiger partial charge on any atom is -0.341 e. The molecule has 1 fully saturated rings. The number of fused-ring (bicyclic) bond motifs is 1. The van der Waals surface area contributed by atoms with Gasteiger partial charge in [-0.3, -0.25) is 0 Å². The van der Waals surface area contributed by atoms with E-state index in [1.54, 1.807) is 0 Å². The van der Waals surface area contributed by atoms with Crippen LogP contribution in [0.4, 0.5) is 0 Å². The van der Waals surface area contributed by atoms with Crippen molar-refractivity contribution in [2.24, 2.45) is 0 Å². The lowest BCUT2D eigenvalue weighted by atomic mass is 9.76. The fraction of sp³-hybridized carbons (Fsp3) is 0.533. The summed E-state index contributed by atoms with van der Waals surface area (Å²) in [4.78, 5) is 8.26. The zero-order valence-corrected chi connectivity index (χ0v) is 13.1. The Hall–Kier alpha value is -0.770. The average molecular weight is 312 g/mol. The largest absolute Gasteiger partial charge is 0.341 e. The zero-order chi connectivity index (χ0) is 14.2. The molecule has 0 aliphatic carbocycles. The summed E-state index contributed by atoms with van der Waals surface area (Å²) in [7, 11) is 0. The van der Waals surface area contributed by atoms with Crippen LogP contribution in [0.2, 0.25) is 10.0 Å². The molecule has 1 aliphatic rings. The number of hydrogen-bond donors (Lipinski definition) is 2. The zero-order valence-electron chi connectivity index (χ0n) is 11.6. The minimum absolute atomic E-state index is 0.116. The molecule has 3 rings (SSSR count). The fourth-order valence-corrected chi connectivity index (χ4v) is 3.56. The molecule has 1 atom stereocenters. The standard InChI is InChI=1S/C15H19Cl2N3/c1-2-4-15(5-3-6-18-9-15)14-19-12-7-10(16)11(17)8-13(12)20-14/h7-8,18H,2-6,9H2,1H3,(H,19,20). The van der Waals surface area contributed by atoms with Crippen LogP contribution in [-0.4, -0.2) is 23.1 Å². The van der Waals surface area contributed by atoms with Gasteiger partial charge in [-0.2, -0.15) is 0 Å². The van der Waals surface area contributed by atoms with E-state index >= 15 is 0 Å². The number of aromatic nitrogens is 2. The molecule has 0 amide bonds. The lowest BCUT2D eigenvalue weighted by Crippen LogP contribution is -2.44. The van der Waals surface area contributed by atoms with Crippen molar-refractivity contribution < 1.29 is 0 Å². The number of aromatic amines is 1. The molecule has 20 heavy (non-hydrogen) atoms. The number of nitrogens with zero attached hydrogens (tertiary/aromatic N) is 1. The van der Waals surface area contributed by atoms with E-state index in [-0.39, 0.29) is 5.41 Å². The Kier molecular flexibility index (Phi) is 3.93. The van der Waals surface area contributed by atoms with E-state index in [4.69, 9.17) is 28.2 Å². The molecule has 2 N–H and O–H groups in total. The summed E-state index contributed by atoms with van der Waals surface area (Å²) in [6.45, 7) is 4.32. The van der Waals surface area contributed by atoms with Gasteiger partial charge in [-0.1, -0.05) is 36.5 Å². The number of imidazole rings is 1. The van der Waals surface area contributed by atoms with Crippen molar-refractivity contribution in [2.75, 3.05) is 13.1 Å².